The molecule has 0 spiro atoms. The van der Waals surface area contributed by atoms with Crippen LogP contribution in [0.3, 0.4) is 0 Å². The van der Waals surface area contributed by atoms with Crippen LogP contribution in [-0.2, 0) is 0 Å². The number of nitrogens with one attached hydrogen (secondary N) is 1. The summed E-state index contributed by atoms with van der Waals surface area (Å²) in [6.45, 7) is 3.27. The summed E-state index contributed by atoms with van der Waals surface area (Å²) >= 11 is 6.07. The number of aromatic amines is 1. The Morgan fingerprint density at radius 2 is 0.957 bits per heavy atom. The fraction of sp³-hybridized carbons (Fsp3) is 0.0588. The standard InChI is InChI=1S/C17H10ClF3N2.C17H11F3N2O/c1-9-14(10-5-3-2-4-6-10)16(17(18)23-22-9)15-12(20)7-11(19)8-13(15)21;1-9-14(10-5-3-2-4-6-10)16(17(23)22-21-9)15-12(19)7-11(18)8-13(15)20/h2-8H,1H3;2-8H,1H3,(H,22,23). The first kappa shape index (κ1) is 32.1. The molecular formula is C34H21ClF6N4O. The van der Waals surface area contributed by atoms with Gasteiger partial charge < -0.3 is 0 Å². The maximum absolute atomic E-state index is 14.2. The Balaban J connectivity index is 0.000000181. The van der Waals surface area contributed by atoms with Crippen LogP contribution in [0.4, 0.5) is 26.3 Å². The highest BCUT2D eigenvalue weighted by Gasteiger charge is 2.24. The summed E-state index contributed by atoms with van der Waals surface area (Å²) in [5.74, 6) is -6.43. The highest BCUT2D eigenvalue weighted by molar-refractivity contribution is 6.32. The molecule has 1 N–H and O–H groups in total. The van der Waals surface area contributed by atoms with Gasteiger partial charge in [-0.1, -0.05) is 72.3 Å². The average molecular weight is 651 g/mol. The molecule has 0 aliphatic heterocycles. The summed E-state index contributed by atoms with van der Waals surface area (Å²) in [5.41, 5.74) is 0.978. The van der Waals surface area contributed by atoms with Gasteiger partial charge in [0.1, 0.15) is 34.9 Å². The van der Waals surface area contributed by atoms with E-state index in [-0.39, 0.29) is 16.3 Å². The van der Waals surface area contributed by atoms with E-state index in [1.165, 1.54) is 0 Å². The SMILES string of the molecule is Cc1n[nH]c(=O)c(-c2c(F)cc(F)cc2F)c1-c1ccccc1.Cc1nnc(Cl)c(-c2c(F)cc(F)cc2F)c1-c1ccccc1. The van der Waals surface area contributed by atoms with Crippen LogP contribution in [0.5, 0.6) is 0 Å². The van der Waals surface area contributed by atoms with Crippen LogP contribution in [0.25, 0.3) is 44.5 Å². The second kappa shape index (κ2) is 13.4. The third-order valence-electron chi connectivity index (χ3n) is 6.91. The van der Waals surface area contributed by atoms with Gasteiger partial charge in [-0.05, 0) is 25.0 Å². The highest BCUT2D eigenvalue weighted by atomic mass is 35.5. The van der Waals surface area contributed by atoms with E-state index >= 15 is 0 Å². The molecule has 0 saturated heterocycles. The molecule has 0 atom stereocenters. The smallest absolute Gasteiger partial charge is 0.267 e. The molecule has 0 radical (unpaired) electrons. The van der Waals surface area contributed by atoms with Gasteiger partial charge in [0.05, 0.1) is 28.1 Å². The molecule has 46 heavy (non-hydrogen) atoms. The fourth-order valence-corrected chi connectivity index (χ4v) is 5.22. The lowest BCUT2D eigenvalue weighted by atomic mass is 9.94. The lowest BCUT2D eigenvalue weighted by molar-refractivity contribution is 0.546. The van der Waals surface area contributed by atoms with E-state index in [0.29, 0.717) is 57.9 Å². The van der Waals surface area contributed by atoms with E-state index < -0.39 is 51.6 Å². The second-order valence-corrected chi connectivity index (χ2v) is 10.3. The van der Waals surface area contributed by atoms with E-state index in [1.807, 2.05) is 6.07 Å². The Bertz CT molecular complexity index is 2080. The largest absolute Gasteiger partial charge is 0.272 e. The molecule has 0 aliphatic carbocycles. The summed E-state index contributed by atoms with van der Waals surface area (Å²) in [6.07, 6.45) is 0. The quantitative estimate of drug-likeness (QED) is 0.193. The van der Waals surface area contributed by atoms with Crippen molar-refractivity contribution in [2.45, 2.75) is 13.8 Å². The minimum absolute atomic E-state index is 0.0559. The minimum Gasteiger partial charge on any atom is -0.267 e. The number of hydrogen-bond donors (Lipinski definition) is 1. The van der Waals surface area contributed by atoms with Crippen molar-refractivity contribution in [3.63, 3.8) is 0 Å². The summed E-state index contributed by atoms with van der Waals surface area (Å²) in [6, 6.07) is 19.9. The second-order valence-electron chi connectivity index (χ2n) is 9.94. The molecular weight excluding hydrogens is 630 g/mol. The number of aryl methyl sites for hydroxylation is 2. The maximum Gasteiger partial charge on any atom is 0.272 e. The lowest BCUT2D eigenvalue weighted by Crippen LogP contribution is -2.16. The fourth-order valence-electron chi connectivity index (χ4n) is 4.99. The van der Waals surface area contributed by atoms with Gasteiger partial charge in [0, 0.05) is 41.0 Å². The number of rotatable bonds is 4. The van der Waals surface area contributed by atoms with Crippen molar-refractivity contribution < 1.29 is 26.3 Å². The molecule has 12 heteroatoms. The van der Waals surface area contributed by atoms with E-state index in [1.54, 1.807) is 68.4 Å². The molecule has 2 aromatic heterocycles. The molecule has 0 amide bonds. The third kappa shape index (κ3) is 6.40. The molecule has 6 aromatic rings. The van der Waals surface area contributed by atoms with Crippen molar-refractivity contribution >= 4 is 11.6 Å². The molecule has 0 saturated carbocycles. The van der Waals surface area contributed by atoms with Crippen LogP contribution in [0.15, 0.2) is 89.7 Å². The Morgan fingerprint density at radius 3 is 1.41 bits per heavy atom. The molecule has 6 rings (SSSR count). The number of H-pyrrole nitrogens is 1. The normalized spacial score (nSPS) is 10.8. The summed E-state index contributed by atoms with van der Waals surface area (Å²) in [7, 11) is 0. The van der Waals surface area contributed by atoms with Gasteiger partial charge in [-0.2, -0.15) is 10.2 Å². The number of hydrogen-bond acceptors (Lipinski definition) is 4. The zero-order valence-electron chi connectivity index (χ0n) is 24.0. The van der Waals surface area contributed by atoms with E-state index in [0.717, 1.165) is 0 Å². The highest BCUT2D eigenvalue weighted by Crippen LogP contribution is 2.40. The van der Waals surface area contributed by atoms with E-state index in [2.05, 4.69) is 20.4 Å². The van der Waals surface area contributed by atoms with Crippen molar-refractivity contribution in [2.75, 3.05) is 0 Å². The first-order valence-electron chi connectivity index (χ1n) is 13.5. The third-order valence-corrected chi connectivity index (χ3v) is 7.17. The van der Waals surface area contributed by atoms with Gasteiger partial charge in [-0.3, -0.25) is 4.79 Å². The molecule has 4 aromatic carbocycles. The van der Waals surface area contributed by atoms with Gasteiger partial charge in [-0.15, -0.1) is 5.10 Å². The first-order chi connectivity index (χ1) is 22.0. The average Bonchev–Trinajstić information content (AvgIpc) is 3.01. The zero-order valence-corrected chi connectivity index (χ0v) is 24.7. The molecule has 0 aliphatic rings. The van der Waals surface area contributed by atoms with Crippen molar-refractivity contribution in [1.29, 1.82) is 0 Å². The van der Waals surface area contributed by atoms with Crippen LogP contribution in [-0.4, -0.2) is 20.4 Å². The summed E-state index contributed by atoms with van der Waals surface area (Å²) in [4.78, 5) is 12.2. The van der Waals surface area contributed by atoms with Crippen LogP contribution in [0.2, 0.25) is 5.15 Å². The van der Waals surface area contributed by atoms with E-state index in [9.17, 15) is 31.1 Å². The Labute approximate surface area is 263 Å². The van der Waals surface area contributed by atoms with Crippen LogP contribution < -0.4 is 5.56 Å². The van der Waals surface area contributed by atoms with Gasteiger partial charge in [0.25, 0.3) is 5.56 Å². The number of benzene rings is 4. The van der Waals surface area contributed by atoms with Crippen molar-refractivity contribution in [3.8, 4) is 44.5 Å². The number of halogens is 7. The van der Waals surface area contributed by atoms with E-state index in [4.69, 9.17) is 11.6 Å². The Hall–Kier alpha value is -5.29. The Kier molecular flexibility index (Phi) is 9.33. The molecule has 0 bridgehead atoms. The topological polar surface area (TPSA) is 71.5 Å². The minimum atomic E-state index is -1.14. The Morgan fingerprint density at radius 1 is 0.543 bits per heavy atom. The maximum atomic E-state index is 14.2. The lowest BCUT2D eigenvalue weighted by Gasteiger charge is -2.14. The molecule has 2 heterocycles. The first-order valence-corrected chi connectivity index (χ1v) is 13.9. The molecule has 0 unspecified atom stereocenters. The van der Waals surface area contributed by atoms with Crippen LogP contribution in [0, 0.1) is 48.8 Å². The van der Waals surface area contributed by atoms with Crippen molar-refractivity contribution in [1.82, 2.24) is 20.4 Å². The van der Waals surface area contributed by atoms with Crippen molar-refractivity contribution in [3.05, 3.63) is 147 Å². The van der Waals surface area contributed by atoms with Crippen LogP contribution in [0.1, 0.15) is 11.4 Å². The van der Waals surface area contributed by atoms with Gasteiger partial charge >= 0.3 is 0 Å². The summed E-state index contributed by atoms with van der Waals surface area (Å²) < 4.78 is 83.1. The molecule has 0 fully saturated rings. The molecule has 5 nitrogen and oxygen atoms in total. The molecule has 232 valence electrons. The zero-order chi connectivity index (χ0) is 33.1. The number of nitrogens with zero attached hydrogens (tertiary/aromatic N) is 3. The van der Waals surface area contributed by atoms with Crippen molar-refractivity contribution in [2.24, 2.45) is 0 Å². The van der Waals surface area contributed by atoms with Crippen LogP contribution >= 0.6 is 11.6 Å². The van der Waals surface area contributed by atoms with Gasteiger partial charge in [0.15, 0.2) is 5.15 Å². The summed E-state index contributed by atoms with van der Waals surface area (Å²) in [5, 5.41) is 13.6. The number of aromatic nitrogens is 4. The van der Waals surface area contributed by atoms with Gasteiger partial charge in [0.2, 0.25) is 0 Å². The monoisotopic (exact) mass is 650 g/mol. The predicted molar refractivity (Wildman–Crippen MR) is 163 cm³/mol. The predicted octanol–water partition coefficient (Wildman–Crippen LogP) is 9.02. The van der Waals surface area contributed by atoms with Gasteiger partial charge in [-0.25, -0.2) is 31.4 Å².